The quantitative estimate of drug-likeness (QED) is 0.289. The lowest BCUT2D eigenvalue weighted by molar-refractivity contribution is 0.412. The van der Waals surface area contributed by atoms with Gasteiger partial charge in [-0.2, -0.15) is 0 Å². The zero-order chi connectivity index (χ0) is 27.1. The van der Waals surface area contributed by atoms with Crippen LogP contribution in [0, 0.1) is 26.7 Å². The summed E-state index contributed by atoms with van der Waals surface area (Å²) in [5, 5.41) is 5.65. The Hall–Kier alpha value is -3.24. The summed E-state index contributed by atoms with van der Waals surface area (Å²) in [4.78, 5) is 0. The fourth-order valence-corrected chi connectivity index (χ4v) is 12.1. The molecule has 0 fully saturated rings. The lowest BCUT2D eigenvalue weighted by atomic mass is 10.1. The van der Waals surface area contributed by atoms with Crippen LogP contribution >= 0.6 is 0 Å². The van der Waals surface area contributed by atoms with Crippen LogP contribution in [0.1, 0.15) is 44.4 Å². The number of methoxy groups -OCH3 is 3. The largest absolute Gasteiger partial charge is 0.496 e. The van der Waals surface area contributed by atoms with E-state index in [1.807, 2.05) is 0 Å². The van der Waals surface area contributed by atoms with E-state index in [9.17, 15) is 0 Å². The first-order valence-corrected chi connectivity index (χ1v) is 15.0. The number of benzene rings is 3. The topological polar surface area (TPSA) is 27.7 Å². The molecule has 0 aromatic heterocycles. The summed E-state index contributed by atoms with van der Waals surface area (Å²) in [5.41, 5.74) is 7.75. The molecular formula is C33H40O3Si. The van der Waals surface area contributed by atoms with E-state index in [0.717, 1.165) is 33.9 Å². The van der Waals surface area contributed by atoms with Crippen molar-refractivity contribution in [1.82, 2.24) is 0 Å². The molecule has 1 atom stereocenters. The van der Waals surface area contributed by atoms with Crippen LogP contribution in [0.2, 0.25) is 0 Å². The molecule has 1 aliphatic rings. The van der Waals surface area contributed by atoms with Crippen LogP contribution in [0.4, 0.5) is 0 Å². The maximum atomic E-state index is 5.69. The number of ether oxygens (including phenoxy) is 3. The van der Waals surface area contributed by atoms with Crippen LogP contribution < -0.4 is 29.8 Å². The third-order valence-electron chi connectivity index (χ3n) is 8.53. The number of hydrogen-bond donors (Lipinski definition) is 0. The molecule has 1 aliphatic carbocycles. The van der Waals surface area contributed by atoms with Crippen molar-refractivity contribution in [2.45, 2.75) is 48.5 Å². The molecule has 37 heavy (non-hydrogen) atoms. The minimum Gasteiger partial charge on any atom is -0.496 e. The normalized spacial score (nSPS) is 15.9. The van der Waals surface area contributed by atoms with Gasteiger partial charge in [0.25, 0.3) is 0 Å². The van der Waals surface area contributed by atoms with Gasteiger partial charge in [-0.15, -0.1) is 0 Å². The molecule has 4 rings (SSSR count). The van der Waals surface area contributed by atoms with Gasteiger partial charge in [-0.25, -0.2) is 0 Å². The molecule has 0 bridgehead atoms. The van der Waals surface area contributed by atoms with Crippen molar-refractivity contribution in [3.8, 4) is 17.2 Å². The van der Waals surface area contributed by atoms with Gasteiger partial charge < -0.3 is 14.2 Å². The van der Waals surface area contributed by atoms with Gasteiger partial charge in [0, 0.05) is 0 Å². The SMILES string of the molecule is COc1ccc([Si](C2=C(C)C(C)=C(C)C2C)(c2ccc(OC)c(C)c2)c2ccc(OC)c(C)c2)cc1C. The summed E-state index contributed by atoms with van der Waals surface area (Å²) >= 11 is 0. The summed E-state index contributed by atoms with van der Waals surface area (Å²) in [5.74, 6) is 3.09. The van der Waals surface area contributed by atoms with Crippen molar-refractivity contribution < 1.29 is 14.2 Å². The van der Waals surface area contributed by atoms with Crippen LogP contribution in [0.5, 0.6) is 17.2 Å². The lowest BCUT2D eigenvalue weighted by Crippen LogP contribution is -2.69. The van der Waals surface area contributed by atoms with Gasteiger partial charge in [-0.3, -0.25) is 0 Å². The van der Waals surface area contributed by atoms with Crippen LogP contribution in [-0.4, -0.2) is 29.4 Å². The molecule has 0 heterocycles. The molecular weight excluding hydrogens is 472 g/mol. The fourth-order valence-electron chi connectivity index (χ4n) is 6.27. The van der Waals surface area contributed by atoms with Gasteiger partial charge >= 0.3 is 0 Å². The third kappa shape index (κ3) is 4.21. The monoisotopic (exact) mass is 512 g/mol. The standard InChI is InChI=1S/C33H40O3Si/c1-20-17-27(11-14-30(20)34-8)37(28-12-15-31(35-9)21(2)18-28,29-13-16-32(36-10)22(3)19-29)33-25(6)23(4)24(5)26(33)7/h11-19,25H,1-10H3. The molecule has 0 aliphatic heterocycles. The second-order valence-electron chi connectivity index (χ2n) is 10.4. The highest BCUT2D eigenvalue weighted by molar-refractivity contribution is 7.16. The van der Waals surface area contributed by atoms with Gasteiger partial charge in [-0.05, 0) is 103 Å². The Morgan fingerprint density at radius 1 is 0.541 bits per heavy atom. The van der Waals surface area contributed by atoms with Crippen molar-refractivity contribution >= 4 is 23.6 Å². The number of hydrogen-bond acceptors (Lipinski definition) is 3. The maximum absolute atomic E-state index is 5.69. The van der Waals surface area contributed by atoms with Crippen molar-refractivity contribution in [3.05, 3.63) is 93.2 Å². The third-order valence-corrected chi connectivity index (χ3v) is 13.7. The zero-order valence-corrected chi connectivity index (χ0v) is 25.0. The smallest absolute Gasteiger partial charge is 0.176 e. The molecule has 1 unspecified atom stereocenters. The molecule has 4 heteroatoms. The predicted molar refractivity (Wildman–Crippen MR) is 158 cm³/mol. The van der Waals surface area contributed by atoms with Gasteiger partial charge in [0.05, 0.1) is 21.3 Å². The summed E-state index contributed by atoms with van der Waals surface area (Å²) in [6, 6.07) is 20.4. The first kappa shape index (κ1) is 26.8. The number of rotatable bonds is 7. The van der Waals surface area contributed by atoms with E-state index >= 15 is 0 Å². The summed E-state index contributed by atoms with van der Waals surface area (Å²) < 4.78 is 17.1. The molecule has 0 N–H and O–H groups in total. The van der Waals surface area contributed by atoms with Crippen LogP contribution in [0.3, 0.4) is 0 Å². The fraction of sp³-hybridized carbons (Fsp3) is 0.333. The first-order valence-electron chi connectivity index (χ1n) is 13.0. The molecule has 194 valence electrons. The molecule has 0 spiro atoms. The second kappa shape index (κ2) is 10.3. The first-order chi connectivity index (χ1) is 17.6. The Kier molecular flexibility index (Phi) is 7.43. The highest BCUT2D eigenvalue weighted by Crippen LogP contribution is 2.42. The van der Waals surface area contributed by atoms with Crippen LogP contribution in [-0.2, 0) is 0 Å². The predicted octanol–water partition coefficient (Wildman–Crippen LogP) is 5.95. The van der Waals surface area contributed by atoms with Gasteiger partial charge in [-0.1, -0.05) is 59.7 Å². The summed E-state index contributed by atoms with van der Waals surface area (Å²) in [6.07, 6.45) is 0. The molecule has 3 nitrogen and oxygen atoms in total. The van der Waals surface area contributed by atoms with E-state index in [1.54, 1.807) is 26.5 Å². The van der Waals surface area contributed by atoms with E-state index in [4.69, 9.17) is 14.2 Å². The molecule has 0 amide bonds. The van der Waals surface area contributed by atoms with E-state index in [0.29, 0.717) is 5.92 Å². The zero-order valence-electron chi connectivity index (χ0n) is 24.0. The van der Waals surface area contributed by atoms with E-state index < -0.39 is 8.07 Å². The average Bonchev–Trinajstić information content (AvgIpc) is 3.08. The highest BCUT2D eigenvalue weighted by Gasteiger charge is 2.48. The Labute approximate surface area is 223 Å². The molecule has 0 saturated heterocycles. The van der Waals surface area contributed by atoms with E-state index in [-0.39, 0.29) is 0 Å². The minimum atomic E-state index is -2.73. The lowest BCUT2D eigenvalue weighted by Gasteiger charge is -2.39. The van der Waals surface area contributed by atoms with E-state index in [1.165, 1.54) is 32.3 Å². The van der Waals surface area contributed by atoms with Gasteiger partial charge in [0.1, 0.15) is 17.2 Å². The number of allylic oxidation sites excluding steroid dienone is 4. The highest BCUT2D eigenvalue weighted by atomic mass is 28.3. The van der Waals surface area contributed by atoms with Crippen molar-refractivity contribution in [3.63, 3.8) is 0 Å². The average molecular weight is 513 g/mol. The number of aryl methyl sites for hydroxylation is 3. The summed E-state index contributed by atoms with van der Waals surface area (Å²) in [6.45, 7) is 15.7. The Morgan fingerprint density at radius 2 is 0.892 bits per heavy atom. The summed E-state index contributed by atoms with van der Waals surface area (Å²) in [7, 11) is 2.50. The Balaban J connectivity index is 2.21. The maximum Gasteiger partial charge on any atom is 0.176 e. The van der Waals surface area contributed by atoms with Gasteiger partial charge in [0.15, 0.2) is 8.07 Å². The van der Waals surface area contributed by atoms with Crippen molar-refractivity contribution in [2.24, 2.45) is 5.92 Å². The molecule has 3 aromatic carbocycles. The molecule has 0 radical (unpaired) electrons. The van der Waals surface area contributed by atoms with Crippen LogP contribution in [0.25, 0.3) is 0 Å². The molecule has 0 saturated carbocycles. The van der Waals surface area contributed by atoms with E-state index in [2.05, 4.69) is 103 Å². The Morgan fingerprint density at radius 3 is 1.14 bits per heavy atom. The minimum absolute atomic E-state index is 0.346. The van der Waals surface area contributed by atoms with Crippen LogP contribution in [0.15, 0.2) is 76.5 Å². The molecule has 3 aromatic rings. The van der Waals surface area contributed by atoms with Crippen molar-refractivity contribution in [1.29, 1.82) is 0 Å². The Bertz CT molecular complexity index is 1280. The second-order valence-corrected chi connectivity index (χ2v) is 14.1. The van der Waals surface area contributed by atoms with Crippen molar-refractivity contribution in [2.75, 3.05) is 21.3 Å². The van der Waals surface area contributed by atoms with Gasteiger partial charge in [0.2, 0.25) is 0 Å².